The predicted octanol–water partition coefficient (Wildman–Crippen LogP) is 1.96. The molecule has 1 aromatic heterocycles. The second-order valence-electron chi connectivity index (χ2n) is 4.62. The summed E-state index contributed by atoms with van der Waals surface area (Å²) in [6.07, 6.45) is 0. The lowest BCUT2D eigenvalue weighted by atomic mass is 10.1. The van der Waals surface area contributed by atoms with Gasteiger partial charge in [-0.3, -0.25) is 0 Å². The molecule has 0 aliphatic heterocycles. The maximum absolute atomic E-state index is 12.6. The van der Waals surface area contributed by atoms with Crippen molar-refractivity contribution in [3.8, 4) is 5.88 Å². The summed E-state index contributed by atoms with van der Waals surface area (Å²) in [5.41, 5.74) is 7.29. The fraction of sp³-hybridized carbons (Fsp3) is 0.385. The van der Waals surface area contributed by atoms with Crippen LogP contribution in [0.15, 0.2) is 18.2 Å². The number of nitrogen functional groups attached to an aromatic ring is 1. The molecule has 0 fully saturated rings. The topological polar surface area (TPSA) is 54.4 Å². The quantitative estimate of drug-likeness (QED) is 0.817. The van der Waals surface area contributed by atoms with Gasteiger partial charge >= 0.3 is 0 Å². The van der Waals surface area contributed by atoms with Gasteiger partial charge in [-0.2, -0.15) is 0 Å². The van der Waals surface area contributed by atoms with Crippen LogP contribution in [0.25, 0.3) is 10.8 Å². The van der Waals surface area contributed by atoms with Gasteiger partial charge in [-0.25, -0.2) is 4.39 Å². The first-order valence-electron chi connectivity index (χ1n) is 5.85. The van der Waals surface area contributed by atoms with Crippen molar-refractivity contribution < 1.29 is 9.50 Å². The van der Waals surface area contributed by atoms with Gasteiger partial charge in [-0.1, -0.05) is 12.1 Å². The van der Waals surface area contributed by atoms with Gasteiger partial charge in [0.1, 0.15) is 6.67 Å². The molecule has 0 atom stereocenters. The zero-order valence-corrected chi connectivity index (χ0v) is 10.7. The fourth-order valence-electron chi connectivity index (χ4n) is 2.26. The van der Waals surface area contributed by atoms with Crippen LogP contribution in [-0.4, -0.2) is 35.3 Å². The Morgan fingerprint density at radius 3 is 2.72 bits per heavy atom. The first-order valence-corrected chi connectivity index (χ1v) is 5.85. The Hall–Kier alpha value is -1.75. The van der Waals surface area contributed by atoms with Gasteiger partial charge in [0, 0.05) is 23.3 Å². The standard InChI is InChI=1S/C13H18FN3O/c1-16(2)8-11-9-4-3-5-10(15)12(9)13(18)17(11)7-6-14/h3-5,18H,6-8,15H2,1-2H3. The molecule has 18 heavy (non-hydrogen) atoms. The molecule has 2 rings (SSSR count). The van der Waals surface area contributed by atoms with Crippen molar-refractivity contribution >= 4 is 16.5 Å². The summed E-state index contributed by atoms with van der Waals surface area (Å²) in [4.78, 5) is 1.98. The third-order valence-electron chi connectivity index (χ3n) is 2.99. The van der Waals surface area contributed by atoms with Gasteiger partial charge in [0.05, 0.1) is 11.9 Å². The van der Waals surface area contributed by atoms with E-state index >= 15 is 0 Å². The van der Waals surface area contributed by atoms with E-state index < -0.39 is 6.67 Å². The Kier molecular flexibility index (Phi) is 3.43. The molecule has 4 nitrogen and oxygen atoms in total. The molecule has 0 saturated carbocycles. The Morgan fingerprint density at radius 2 is 2.11 bits per heavy atom. The average Bonchev–Trinajstić information content (AvgIpc) is 2.56. The number of fused-ring (bicyclic) bond motifs is 1. The Balaban J connectivity index is 2.70. The number of hydrogen-bond acceptors (Lipinski definition) is 3. The maximum atomic E-state index is 12.6. The minimum absolute atomic E-state index is 0.0533. The Bertz CT molecular complexity index is 563. The molecule has 0 bridgehead atoms. The van der Waals surface area contributed by atoms with Crippen LogP contribution < -0.4 is 5.73 Å². The van der Waals surface area contributed by atoms with E-state index in [1.165, 1.54) is 0 Å². The van der Waals surface area contributed by atoms with Gasteiger partial charge in [0.15, 0.2) is 0 Å². The van der Waals surface area contributed by atoms with E-state index in [1.54, 1.807) is 10.6 Å². The zero-order chi connectivity index (χ0) is 13.3. The summed E-state index contributed by atoms with van der Waals surface area (Å²) < 4.78 is 14.2. The van der Waals surface area contributed by atoms with Crippen molar-refractivity contribution in [1.29, 1.82) is 0 Å². The third kappa shape index (κ3) is 2.01. The van der Waals surface area contributed by atoms with E-state index in [2.05, 4.69) is 0 Å². The summed E-state index contributed by atoms with van der Waals surface area (Å²) in [5.74, 6) is 0.0533. The molecule has 0 spiro atoms. The van der Waals surface area contributed by atoms with Crippen LogP contribution >= 0.6 is 0 Å². The molecule has 0 saturated heterocycles. The first kappa shape index (κ1) is 12.7. The number of rotatable bonds is 4. The normalized spacial score (nSPS) is 11.6. The lowest BCUT2D eigenvalue weighted by Gasteiger charge is -2.13. The van der Waals surface area contributed by atoms with E-state index in [9.17, 15) is 9.50 Å². The lowest BCUT2D eigenvalue weighted by Crippen LogP contribution is -2.15. The van der Waals surface area contributed by atoms with Crippen LogP contribution in [0, 0.1) is 0 Å². The molecule has 0 unspecified atom stereocenters. The number of benzene rings is 1. The molecule has 1 aromatic carbocycles. The van der Waals surface area contributed by atoms with E-state index in [0.717, 1.165) is 11.1 Å². The highest BCUT2D eigenvalue weighted by Gasteiger charge is 2.18. The van der Waals surface area contributed by atoms with Crippen molar-refractivity contribution in [3.63, 3.8) is 0 Å². The van der Waals surface area contributed by atoms with Gasteiger partial charge in [-0.15, -0.1) is 0 Å². The second kappa shape index (κ2) is 4.86. The summed E-state index contributed by atoms with van der Waals surface area (Å²) in [6.45, 7) is 0.249. The summed E-state index contributed by atoms with van der Waals surface area (Å²) in [5, 5.41) is 11.7. The van der Waals surface area contributed by atoms with Crippen LogP contribution in [0.4, 0.5) is 10.1 Å². The second-order valence-corrected chi connectivity index (χ2v) is 4.62. The summed E-state index contributed by atoms with van der Waals surface area (Å²) >= 11 is 0. The summed E-state index contributed by atoms with van der Waals surface area (Å²) in [6, 6.07) is 5.48. The van der Waals surface area contributed by atoms with Crippen molar-refractivity contribution in [1.82, 2.24) is 9.47 Å². The molecule has 5 heteroatoms. The number of aromatic hydroxyl groups is 1. The van der Waals surface area contributed by atoms with E-state index in [0.29, 0.717) is 17.6 Å². The Labute approximate surface area is 105 Å². The molecular formula is C13H18FN3O. The zero-order valence-electron chi connectivity index (χ0n) is 10.7. The first-order chi connectivity index (χ1) is 8.56. The van der Waals surface area contributed by atoms with Crippen molar-refractivity contribution in [2.45, 2.75) is 13.1 Å². The Morgan fingerprint density at radius 1 is 1.39 bits per heavy atom. The molecule has 1 heterocycles. The fourth-order valence-corrected chi connectivity index (χ4v) is 2.26. The number of nitrogens with two attached hydrogens (primary N) is 1. The van der Waals surface area contributed by atoms with Gasteiger partial charge in [0.25, 0.3) is 0 Å². The third-order valence-corrected chi connectivity index (χ3v) is 2.99. The SMILES string of the molecule is CN(C)Cc1c2cccc(N)c2c(O)n1CCF. The molecule has 98 valence electrons. The molecular weight excluding hydrogens is 233 g/mol. The molecule has 0 aliphatic rings. The highest BCUT2D eigenvalue weighted by atomic mass is 19.1. The molecule has 0 aliphatic carbocycles. The average molecular weight is 251 g/mol. The molecule has 2 aromatic rings. The minimum Gasteiger partial charge on any atom is -0.494 e. The number of hydrogen-bond donors (Lipinski definition) is 2. The van der Waals surface area contributed by atoms with Gasteiger partial charge in [-0.05, 0) is 20.2 Å². The van der Waals surface area contributed by atoms with Crippen LogP contribution in [0.2, 0.25) is 0 Å². The van der Waals surface area contributed by atoms with E-state index in [1.807, 2.05) is 31.1 Å². The van der Waals surface area contributed by atoms with Crippen LogP contribution in [0.3, 0.4) is 0 Å². The number of anilines is 1. The highest BCUT2D eigenvalue weighted by molar-refractivity contribution is 5.99. The molecule has 0 radical (unpaired) electrons. The van der Waals surface area contributed by atoms with E-state index in [-0.39, 0.29) is 12.4 Å². The van der Waals surface area contributed by atoms with Gasteiger partial charge < -0.3 is 20.3 Å². The minimum atomic E-state index is -0.519. The van der Waals surface area contributed by atoms with Crippen molar-refractivity contribution in [3.05, 3.63) is 23.9 Å². The lowest BCUT2D eigenvalue weighted by molar-refractivity contribution is 0.352. The summed E-state index contributed by atoms with van der Waals surface area (Å²) in [7, 11) is 3.87. The largest absolute Gasteiger partial charge is 0.494 e. The number of halogens is 1. The number of nitrogens with zero attached hydrogens (tertiary/aromatic N) is 2. The smallest absolute Gasteiger partial charge is 0.201 e. The van der Waals surface area contributed by atoms with Crippen LogP contribution in [-0.2, 0) is 13.1 Å². The number of alkyl halides is 1. The van der Waals surface area contributed by atoms with Crippen LogP contribution in [0.1, 0.15) is 5.69 Å². The van der Waals surface area contributed by atoms with E-state index in [4.69, 9.17) is 5.73 Å². The maximum Gasteiger partial charge on any atom is 0.201 e. The monoisotopic (exact) mass is 251 g/mol. The number of aromatic nitrogens is 1. The molecule has 0 amide bonds. The van der Waals surface area contributed by atoms with Gasteiger partial charge in [0.2, 0.25) is 5.88 Å². The highest BCUT2D eigenvalue weighted by Crippen LogP contribution is 2.35. The van der Waals surface area contributed by atoms with Crippen molar-refractivity contribution in [2.75, 3.05) is 26.5 Å². The predicted molar refractivity (Wildman–Crippen MR) is 71.4 cm³/mol. The van der Waals surface area contributed by atoms with Crippen molar-refractivity contribution in [2.24, 2.45) is 0 Å². The van der Waals surface area contributed by atoms with Crippen LogP contribution in [0.5, 0.6) is 5.88 Å². The molecule has 3 N–H and O–H groups in total.